The predicted octanol–water partition coefficient (Wildman–Crippen LogP) is 2.24. The van der Waals surface area contributed by atoms with Gasteiger partial charge in [0.1, 0.15) is 11.5 Å². The van der Waals surface area contributed by atoms with Crippen molar-refractivity contribution in [2.45, 2.75) is 13.5 Å². The largest absolute Gasteiger partial charge is 0.304 e. The third-order valence-corrected chi connectivity index (χ3v) is 5.08. The molecular weight excluding hydrogens is 378 g/mol. The van der Waals surface area contributed by atoms with Gasteiger partial charge >= 0.3 is 0 Å². The highest BCUT2D eigenvalue weighted by atomic mass is 16.1. The van der Waals surface area contributed by atoms with E-state index in [0.717, 1.165) is 32.7 Å². The molecule has 1 N–H and O–H groups in total. The third kappa shape index (κ3) is 5.03. The number of nitrogens with zero attached hydrogens (tertiary/aromatic N) is 6. The molecule has 1 aliphatic heterocycles. The van der Waals surface area contributed by atoms with Crippen molar-refractivity contribution in [3.63, 3.8) is 0 Å². The molecule has 154 valence electrons. The van der Waals surface area contributed by atoms with Crippen LogP contribution in [0.5, 0.6) is 0 Å². The van der Waals surface area contributed by atoms with Gasteiger partial charge in [-0.05, 0) is 43.8 Å². The van der Waals surface area contributed by atoms with Crippen LogP contribution in [0.4, 0.5) is 5.95 Å². The predicted molar refractivity (Wildman–Crippen MR) is 115 cm³/mol. The van der Waals surface area contributed by atoms with E-state index >= 15 is 0 Å². The second-order valence-corrected chi connectivity index (χ2v) is 7.48. The molecule has 2 aromatic heterocycles. The van der Waals surface area contributed by atoms with Crippen molar-refractivity contribution >= 4 is 11.9 Å². The molecule has 30 heavy (non-hydrogen) atoms. The molecule has 1 aromatic carbocycles. The summed E-state index contributed by atoms with van der Waals surface area (Å²) in [4.78, 5) is 34.6. The second-order valence-electron chi connectivity index (χ2n) is 7.48. The average Bonchev–Trinajstić information content (AvgIpc) is 2.76. The van der Waals surface area contributed by atoms with Crippen LogP contribution in [-0.4, -0.2) is 68.9 Å². The molecule has 4 rings (SSSR count). The number of benzene rings is 1. The number of anilines is 1. The van der Waals surface area contributed by atoms with Gasteiger partial charge in [0.05, 0.1) is 0 Å². The summed E-state index contributed by atoms with van der Waals surface area (Å²) in [6.07, 6.45) is 1.68. The number of piperazine rings is 1. The summed E-state index contributed by atoms with van der Waals surface area (Å²) >= 11 is 0. The summed E-state index contributed by atoms with van der Waals surface area (Å²) in [5.74, 6) is 0.915. The fraction of sp³-hybridized carbons (Fsp3) is 0.318. The first kappa shape index (κ1) is 20.1. The van der Waals surface area contributed by atoms with Gasteiger partial charge in [0.25, 0.3) is 5.91 Å². The van der Waals surface area contributed by atoms with Gasteiger partial charge in [-0.3, -0.25) is 20.0 Å². The van der Waals surface area contributed by atoms with Crippen LogP contribution in [0.25, 0.3) is 11.5 Å². The minimum absolute atomic E-state index is 0.217. The van der Waals surface area contributed by atoms with Crippen LogP contribution in [0.3, 0.4) is 0 Å². The molecule has 1 aliphatic rings. The monoisotopic (exact) mass is 403 g/mol. The molecular formula is C22H25N7O. The van der Waals surface area contributed by atoms with Crippen molar-refractivity contribution in [1.82, 2.24) is 29.7 Å². The Balaban J connectivity index is 1.42. The van der Waals surface area contributed by atoms with E-state index in [1.807, 2.05) is 42.5 Å². The van der Waals surface area contributed by atoms with E-state index in [4.69, 9.17) is 0 Å². The first-order valence-electron chi connectivity index (χ1n) is 10.0. The van der Waals surface area contributed by atoms with E-state index in [-0.39, 0.29) is 11.9 Å². The van der Waals surface area contributed by atoms with Gasteiger partial charge in [0.2, 0.25) is 5.95 Å². The number of hydrogen-bond donors (Lipinski definition) is 1. The number of aryl methyl sites for hydroxylation is 1. The maximum Gasteiger partial charge on any atom is 0.258 e. The lowest BCUT2D eigenvalue weighted by Crippen LogP contribution is -2.43. The van der Waals surface area contributed by atoms with E-state index in [1.165, 1.54) is 5.56 Å². The number of likely N-dealkylation sites (N-methyl/N-ethyl adjacent to an activating group) is 1. The molecule has 1 fully saturated rings. The van der Waals surface area contributed by atoms with Crippen molar-refractivity contribution in [3.8, 4) is 11.5 Å². The topological polar surface area (TPSA) is 87.1 Å². The van der Waals surface area contributed by atoms with E-state index in [9.17, 15) is 4.79 Å². The normalized spacial score (nSPS) is 15.1. The third-order valence-electron chi connectivity index (χ3n) is 5.08. The second kappa shape index (κ2) is 9.06. The minimum Gasteiger partial charge on any atom is -0.304 e. The quantitative estimate of drug-likeness (QED) is 0.699. The number of carbonyl (C=O) groups excluding carboxylic acids is 1. The van der Waals surface area contributed by atoms with E-state index in [1.54, 1.807) is 13.1 Å². The van der Waals surface area contributed by atoms with Crippen molar-refractivity contribution in [2.75, 3.05) is 38.5 Å². The lowest BCUT2D eigenvalue weighted by atomic mass is 10.1. The summed E-state index contributed by atoms with van der Waals surface area (Å²) in [6, 6.07) is 13.2. The SMILES string of the molecule is Cc1nc(NC(=O)c2ccc(CN3CCN(C)CC3)cc2)nc(-c2ccccn2)n1. The maximum atomic E-state index is 12.7. The van der Waals surface area contributed by atoms with Crippen LogP contribution in [0.15, 0.2) is 48.7 Å². The Labute approximate surface area is 176 Å². The Bertz CT molecular complexity index is 1000. The lowest BCUT2D eigenvalue weighted by molar-refractivity contribution is 0.102. The highest BCUT2D eigenvalue weighted by Crippen LogP contribution is 2.14. The highest BCUT2D eigenvalue weighted by Gasteiger charge is 2.15. The summed E-state index contributed by atoms with van der Waals surface area (Å²) in [6.45, 7) is 6.97. The fourth-order valence-electron chi connectivity index (χ4n) is 3.35. The van der Waals surface area contributed by atoms with Crippen molar-refractivity contribution < 1.29 is 4.79 Å². The van der Waals surface area contributed by atoms with Crippen molar-refractivity contribution in [1.29, 1.82) is 0 Å². The molecule has 8 nitrogen and oxygen atoms in total. The molecule has 0 spiro atoms. The van der Waals surface area contributed by atoms with Gasteiger partial charge in [-0.25, -0.2) is 4.98 Å². The minimum atomic E-state index is -0.251. The zero-order chi connectivity index (χ0) is 20.9. The average molecular weight is 403 g/mol. The number of carbonyl (C=O) groups is 1. The number of nitrogens with one attached hydrogen (secondary N) is 1. The van der Waals surface area contributed by atoms with Crippen LogP contribution < -0.4 is 5.32 Å². The van der Waals surface area contributed by atoms with Crippen LogP contribution in [0.2, 0.25) is 0 Å². The van der Waals surface area contributed by atoms with Crippen LogP contribution >= 0.6 is 0 Å². The molecule has 0 aliphatic carbocycles. The molecule has 1 amide bonds. The Hall–Kier alpha value is -3.23. The Morgan fingerprint density at radius 1 is 1.00 bits per heavy atom. The Morgan fingerprint density at radius 2 is 1.77 bits per heavy atom. The smallest absolute Gasteiger partial charge is 0.258 e. The van der Waals surface area contributed by atoms with Crippen LogP contribution in [0.1, 0.15) is 21.7 Å². The van der Waals surface area contributed by atoms with E-state index < -0.39 is 0 Å². The molecule has 3 aromatic rings. The Kier molecular flexibility index (Phi) is 6.06. The van der Waals surface area contributed by atoms with Gasteiger partial charge < -0.3 is 4.90 Å². The standard InChI is InChI=1S/C22H25N7O/c1-16-24-20(19-5-3-4-10-23-19)26-22(25-16)27-21(30)18-8-6-17(7-9-18)15-29-13-11-28(2)12-14-29/h3-10H,11-15H2,1-2H3,(H,24,25,26,27,30). The van der Waals surface area contributed by atoms with Gasteiger partial charge in [-0.15, -0.1) is 0 Å². The van der Waals surface area contributed by atoms with Gasteiger partial charge in [-0.2, -0.15) is 9.97 Å². The number of hydrogen-bond acceptors (Lipinski definition) is 7. The molecule has 3 heterocycles. The first-order chi connectivity index (χ1) is 14.6. The molecule has 0 unspecified atom stereocenters. The summed E-state index contributed by atoms with van der Waals surface area (Å²) in [5.41, 5.74) is 2.39. The van der Waals surface area contributed by atoms with Gasteiger partial charge in [0.15, 0.2) is 5.82 Å². The number of amides is 1. The fourth-order valence-corrected chi connectivity index (χ4v) is 3.35. The van der Waals surface area contributed by atoms with Crippen molar-refractivity contribution in [2.24, 2.45) is 0 Å². The van der Waals surface area contributed by atoms with Gasteiger partial charge in [-0.1, -0.05) is 18.2 Å². The number of rotatable bonds is 5. The highest BCUT2D eigenvalue weighted by molar-refractivity contribution is 6.03. The summed E-state index contributed by atoms with van der Waals surface area (Å²) in [7, 11) is 2.15. The zero-order valence-electron chi connectivity index (χ0n) is 17.2. The summed E-state index contributed by atoms with van der Waals surface area (Å²) in [5, 5.41) is 2.77. The molecule has 0 saturated carbocycles. The van der Waals surface area contributed by atoms with Crippen LogP contribution in [-0.2, 0) is 6.54 Å². The lowest BCUT2D eigenvalue weighted by Gasteiger charge is -2.32. The zero-order valence-corrected chi connectivity index (χ0v) is 17.2. The van der Waals surface area contributed by atoms with E-state index in [2.05, 4.69) is 42.1 Å². The maximum absolute atomic E-state index is 12.7. The van der Waals surface area contributed by atoms with Gasteiger partial charge in [0, 0.05) is 44.5 Å². The van der Waals surface area contributed by atoms with E-state index in [0.29, 0.717) is 22.9 Å². The van der Waals surface area contributed by atoms with Crippen LogP contribution in [0, 0.1) is 6.92 Å². The first-order valence-corrected chi connectivity index (χ1v) is 10.0. The molecule has 8 heteroatoms. The molecule has 0 bridgehead atoms. The van der Waals surface area contributed by atoms with Crippen molar-refractivity contribution in [3.05, 3.63) is 65.6 Å². The Morgan fingerprint density at radius 3 is 2.47 bits per heavy atom. The summed E-state index contributed by atoms with van der Waals surface area (Å²) < 4.78 is 0. The number of aromatic nitrogens is 4. The molecule has 1 saturated heterocycles. The molecule has 0 radical (unpaired) electrons. The molecule has 0 atom stereocenters. The number of pyridine rings is 1.